The summed E-state index contributed by atoms with van der Waals surface area (Å²) in [7, 11) is 0. The summed E-state index contributed by atoms with van der Waals surface area (Å²) in [6.45, 7) is 5.47. The van der Waals surface area contributed by atoms with Gasteiger partial charge in [-0.2, -0.15) is 0 Å². The molecule has 0 N–H and O–H groups in total. The molecule has 0 saturated carbocycles. The van der Waals surface area contributed by atoms with Gasteiger partial charge in [0.05, 0.1) is 20.1 Å². The molecule has 2 aromatic rings. The topological polar surface area (TPSA) is 41.8 Å². The van der Waals surface area contributed by atoms with E-state index in [0.717, 1.165) is 0 Å². The molecule has 0 radical (unpaired) electrons. The fraction of sp³-hybridized carbons (Fsp3) is 0.235. The van der Waals surface area contributed by atoms with Crippen molar-refractivity contribution in [1.29, 1.82) is 0 Å². The van der Waals surface area contributed by atoms with Crippen molar-refractivity contribution in [2.45, 2.75) is 20.8 Å². The lowest BCUT2D eigenvalue weighted by Gasteiger charge is -2.17. The zero-order chi connectivity index (χ0) is 18.1. The molecule has 0 heterocycles. The Hall–Kier alpha value is -1.13. The van der Waals surface area contributed by atoms with E-state index in [2.05, 4.69) is 10.2 Å². The van der Waals surface area contributed by atoms with Crippen molar-refractivity contribution in [3.8, 4) is 0 Å². The fourth-order valence-corrected chi connectivity index (χ4v) is 2.95. The first-order valence-electron chi connectivity index (χ1n) is 7.01. The highest BCUT2D eigenvalue weighted by Crippen LogP contribution is 2.39. The van der Waals surface area contributed by atoms with Crippen LogP contribution in [0.1, 0.15) is 31.1 Å². The molecule has 0 aliphatic heterocycles. The van der Waals surface area contributed by atoms with Gasteiger partial charge in [0.2, 0.25) is 0 Å². The summed E-state index contributed by atoms with van der Waals surface area (Å²) >= 11 is 24.5. The van der Waals surface area contributed by atoms with Gasteiger partial charge in [-0.3, -0.25) is 4.79 Å². The number of benzene rings is 2. The molecule has 0 amide bonds. The minimum Gasteiger partial charge on any atom is -0.294 e. The van der Waals surface area contributed by atoms with Crippen molar-refractivity contribution in [2.24, 2.45) is 15.6 Å². The van der Waals surface area contributed by atoms with Gasteiger partial charge in [-0.05, 0) is 24.3 Å². The minimum absolute atomic E-state index is 0.0658. The molecule has 24 heavy (non-hydrogen) atoms. The van der Waals surface area contributed by atoms with E-state index in [4.69, 9.17) is 46.4 Å². The number of ketones is 1. The van der Waals surface area contributed by atoms with Crippen LogP contribution in [0, 0.1) is 5.41 Å². The Labute approximate surface area is 160 Å². The molecular weight excluding hydrogens is 390 g/mol. The van der Waals surface area contributed by atoms with Crippen LogP contribution >= 0.6 is 46.4 Å². The first kappa shape index (κ1) is 19.2. The molecule has 0 saturated heterocycles. The van der Waals surface area contributed by atoms with Crippen molar-refractivity contribution < 1.29 is 4.79 Å². The number of hydrogen-bond acceptors (Lipinski definition) is 3. The third-order valence-electron chi connectivity index (χ3n) is 3.15. The summed E-state index contributed by atoms with van der Waals surface area (Å²) < 4.78 is 0. The normalized spacial score (nSPS) is 12.0. The average molecular weight is 404 g/mol. The molecule has 0 fully saturated rings. The second-order valence-electron chi connectivity index (χ2n) is 6.14. The summed E-state index contributed by atoms with van der Waals surface area (Å²) in [6.07, 6.45) is 0. The van der Waals surface area contributed by atoms with E-state index < -0.39 is 5.41 Å². The van der Waals surface area contributed by atoms with E-state index in [9.17, 15) is 4.79 Å². The standard InChI is InChI=1S/C17H14Cl4N2O/c1-17(2,3)16(24)9-7-12(20)15(13(21)8-9)23-22-14-10(18)5-4-6-11(14)19/h4-8H,1-3H3. The summed E-state index contributed by atoms with van der Waals surface area (Å²) in [5, 5.41) is 9.24. The molecule has 7 heteroatoms. The number of Topliss-reactive ketones (excluding diaryl/α,β-unsaturated/α-hetero) is 1. The monoisotopic (exact) mass is 402 g/mol. The van der Waals surface area contributed by atoms with Crippen molar-refractivity contribution in [3.63, 3.8) is 0 Å². The van der Waals surface area contributed by atoms with Crippen LogP contribution in [-0.2, 0) is 0 Å². The number of halogens is 4. The lowest BCUT2D eigenvalue weighted by Crippen LogP contribution is -2.20. The zero-order valence-electron chi connectivity index (χ0n) is 13.2. The van der Waals surface area contributed by atoms with Crippen LogP contribution < -0.4 is 0 Å². The van der Waals surface area contributed by atoms with Crippen molar-refractivity contribution in [1.82, 2.24) is 0 Å². The molecule has 0 aliphatic carbocycles. The Bertz CT molecular complexity index is 783. The molecule has 0 unspecified atom stereocenters. The number of azo groups is 1. The highest BCUT2D eigenvalue weighted by atomic mass is 35.5. The predicted molar refractivity (Wildman–Crippen MR) is 101 cm³/mol. The molecule has 0 aromatic heterocycles. The van der Waals surface area contributed by atoms with Gasteiger partial charge >= 0.3 is 0 Å². The molecule has 3 nitrogen and oxygen atoms in total. The van der Waals surface area contributed by atoms with E-state index in [1.807, 2.05) is 20.8 Å². The van der Waals surface area contributed by atoms with Crippen molar-refractivity contribution >= 4 is 63.6 Å². The zero-order valence-corrected chi connectivity index (χ0v) is 16.2. The van der Waals surface area contributed by atoms with Crippen LogP contribution in [-0.4, -0.2) is 5.78 Å². The quantitative estimate of drug-likeness (QED) is 0.378. The SMILES string of the molecule is CC(C)(C)C(=O)c1cc(Cl)c(N=Nc2c(Cl)cccc2Cl)c(Cl)c1. The minimum atomic E-state index is -0.541. The van der Waals surface area contributed by atoms with Gasteiger partial charge < -0.3 is 0 Å². The lowest BCUT2D eigenvalue weighted by molar-refractivity contribution is 0.0858. The van der Waals surface area contributed by atoms with Gasteiger partial charge in [-0.25, -0.2) is 0 Å². The lowest BCUT2D eigenvalue weighted by atomic mass is 9.86. The van der Waals surface area contributed by atoms with Gasteiger partial charge in [0.25, 0.3) is 0 Å². The first-order chi connectivity index (χ1) is 11.1. The van der Waals surface area contributed by atoms with E-state index in [0.29, 0.717) is 21.3 Å². The highest BCUT2D eigenvalue weighted by molar-refractivity contribution is 6.39. The van der Waals surface area contributed by atoms with Gasteiger partial charge in [0, 0.05) is 11.0 Å². The van der Waals surface area contributed by atoms with Crippen LogP contribution in [0.5, 0.6) is 0 Å². The Morgan fingerprint density at radius 2 is 1.25 bits per heavy atom. The van der Waals surface area contributed by atoms with Crippen LogP contribution in [0.4, 0.5) is 11.4 Å². The maximum absolute atomic E-state index is 12.3. The third kappa shape index (κ3) is 4.28. The molecule has 0 spiro atoms. The maximum atomic E-state index is 12.3. The van der Waals surface area contributed by atoms with Gasteiger partial charge in [0.1, 0.15) is 11.4 Å². The first-order valence-corrected chi connectivity index (χ1v) is 8.52. The highest BCUT2D eigenvalue weighted by Gasteiger charge is 2.24. The van der Waals surface area contributed by atoms with Gasteiger partial charge in [-0.1, -0.05) is 73.2 Å². The summed E-state index contributed by atoms with van der Waals surface area (Å²) in [6, 6.07) is 8.07. The van der Waals surface area contributed by atoms with Crippen molar-refractivity contribution in [3.05, 3.63) is 56.0 Å². The molecule has 0 atom stereocenters. The number of nitrogens with zero attached hydrogens (tertiary/aromatic N) is 2. The van der Waals surface area contributed by atoms with Crippen LogP contribution in [0.2, 0.25) is 20.1 Å². The number of hydrogen-bond donors (Lipinski definition) is 0. The maximum Gasteiger partial charge on any atom is 0.168 e. The number of carbonyl (C=O) groups excluding carboxylic acids is 1. The Morgan fingerprint density at radius 3 is 1.67 bits per heavy atom. The summed E-state index contributed by atoms with van der Waals surface area (Å²) in [5.41, 5.74) is 0.454. The Kier molecular flexibility index (Phi) is 5.92. The van der Waals surface area contributed by atoms with E-state index >= 15 is 0 Å². The average Bonchev–Trinajstić information content (AvgIpc) is 2.47. The Balaban J connectivity index is 2.43. The molecular formula is C17H14Cl4N2O. The largest absolute Gasteiger partial charge is 0.294 e. The molecule has 2 rings (SSSR count). The smallest absolute Gasteiger partial charge is 0.168 e. The summed E-state index contributed by atoms with van der Waals surface area (Å²) in [5.74, 6) is -0.0658. The molecule has 0 bridgehead atoms. The fourth-order valence-electron chi connectivity index (χ4n) is 1.91. The number of carbonyl (C=O) groups is 1. The van der Waals surface area contributed by atoms with Crippen LogP contribution in [0.25, 0.3) is 0 Å². The van der Waals surface area contributed by atoms with Crippen molar-refractivity contribution in [2.75, 3.05) is 0 Å². The van der Waals surface area contributed by atoms with Crippen LogP contribution in [0.3, 0.4) is 0 Å². The van der Waals surface area contributed by atoms with Gasteiger partial charge in [0.15, 0.2) is 5.78 Å². The molecule has 0 aliphatic rings. The predicted octanol–water partition coefficient (Wildman–Crippen LogP) is 7.94. The van der Waals surface area contributed by atoms with Crippen LogP contribution in [0.15, 0.2) is 40.6 Å². The van der Waals surface area contributed by atoms with E-state index in [1.165, 1.54) is 12.1 Å². The second kappa shape index (κ2) is 7.40. The third-order valence-corrected chi connectivity index (χ3v) is 4.33. The summed E-state index contributed by atoms with van der Waals surface area (Å²) in [4.78, 5) is 12.3. The molecule has 126 valence electrons. The van der Waals surface area contributed by atoms with E-state index in [1.54, 1.807) is 18.2 Å². The molecule has 2 aromatic carbocycles. The number of rotatable bonds is 3. The Morgan fingerprint density at radius 1 is 0.833 bits per heavy atom. The van der Waals surface area contributed by atoms with Gasteiger partial charge in [-0.15, -0.1) is 10.2 Å². The van der Waals surface area contributed by atoms with E-state index in [-0.39, 0.29) is 21.5 Å². The second-order valence-corrected chi connectivity index (χ2v) is 7.77.